The predicted molar refractivity (Wildman–Crippen MR) is 73.8 cm³/mol. The van der Waals surface area contributed by atoms with Crippen LogP contribution in [0.15, 0.2) is 12.1 Å². The van der Waals surface area contributed by atoms with Crippen LogP contribution in [0, 0.1) is 6.92 Å². The monoisotopic (exact) mass is 235 g/mol. The van der Waals surface area contributed by atoms with Crippen LogP contribution in [-0.4, -0.2) is 13.2 Å². The fraction of sp³-hybridized carbons (Fsp3) is 0.600. The molecule has 2 N–H and O–H groups in total. The second kappa shape index (κ2) is 6.06. The third kappa shape index (κ3) is 3.47. The Hall–Kier alpha value is -1.02. The molecule has 1 aromatic carbocycles. The van der Waals surface area contributed by atoms with E-state index in [0.717, 1.165) is 18.6 Å². The number of benzene rings is 1. The van der Waals surface area contributed by atoms with Crippen molar-refractivity contribution in [3.63, 3.8) is 0 Å². The Kier molecular flexibility index (Phi) is 5.01. The summed E-state index contributed by atoms with van der Waals surface area (Å²) in [6.45, 7) is 8.65. The van der Waals surface area contributed by atoms with Gasteiger partial charge in [-0.25, -0.2) is 0 Å². The maximum Gasteiger partial charge on any atom is 0.122 e. The normalized spacial score (nSPS) is 12.9. The summed E-state index contributed by atoms with van der Waals surface area (Å²) in [7, 11) is 1.73. The average Bonchev–Trinajstić information content (AvgIpc) is 2.28. The van der Waals surface area contributed by atoms with Crippen molar-refractivity contribution in [2.24, 2.45) is 5.73 Å². The van der Waals surface area contributed by atoms with E-state index in [2.05, 4.69) is 39.8 Å². The van der Waals surface area contributed by atoms with Crippen LogP contribution < -0.4 is 10.5 Å². The molecule has 0 amide bonds. The number of hydrogen-bond donors (Lipinski definition) is 1. The Balaban J connectivity index is 3.13. The second-order valence-electron chi connectivity index (χ2n) is 5.05. The summed E-state index contributed by atoms with van der Waals surface area (Å²) >= 11 is 0. The molecule has 0 aromatic heterocycles. The van der Waals surface area contributed by atoms with Crippen LogP contribution in [0.25, 0.3) is 0 Å². The SMILES string of the molecule is CCC(N)Cc1cc(C)c(OC)cc1C(C)C. The molecule has 0 saturated carbocycles. The third-order valence-electron chi connectivity index (χ3n) is 3.29. The van der Waals surface area contributed by atoms with Crippen LogP contribution in [0.5, 0.6) is 5.75 Å². The third-order valence-corrected chi connectivity index (χ3v) is 3.29. The molecule has 2 nitrogen and oxygen atoms in total. The molecule has 1 atom stereocenters. The first kappa shape index (κ1) is 14.0. The van der Waals surface area contributed by atoms with E-state index in [1.807, 2.05) is 0 Å². The molecule has 0 radical (unpaired) electrons. The zero-order chi connectivity index (χ0) is 13.0. The van der Waals surface area contributed by atoms with Crippen LogP contribution in [-0.2, 0) is 6.42 Å². The van der Waals surface area contributed by atoms with Crippen LogP contribution in [0.3, 0.4) is 0 Å². The molecule has 0 aliphatic rings. The summed E-state index contributed by atoms with van der Waals surface area (Å²) in [6.07, 6.45) is 1.97. The molecule has 96 valence electrons. The number of aryl methyl sites for hydroxylation is 1. The van der Waals surface area contributed by atoms with E-state index in [4.69, 9.17) is 10.5 Å². The quantitative estimate of drug-likeness (QED) is 0.849. The Bertz CT molecular complexity index is 371. The van der Waals surface area contributed by atoms with Gasteiger partial charge in [-0.05, 0) is 48.4 Å². The van der Waals surface area contributed by atoms with Crippen molar-refractivity contribution in [1.29, 1.82) is 0 Å². The van der Waals surface area contributed by atoms with Crippen molar-refractivity contribution < 1.29 is 4.74 Å². The van der Waals surface area contributed by atoms with Gasteiger partial charge in [0.15, 0.2) is 0 Å². The van der Waals surface area contributed by atoms with Gasteiger partial charge in [0.2, 0.25) is 0 Å². The summed E-state index contributed by atoms with van der Waals surface area (Å²) in [6, 6.07) is 4.64. The molecular weight excluding hydrogens is 210 g/mol. The average molecular weight is 235 g/mol. The first-order valence-corrected chi connectivity index (χ1v) is 6.42. The highest BCUT2D eigenvalue weighted by Gasteiger charge is 2.13. The minimum Gasteiger partial charge on any atom is -0.496 e. The molecule has 0 spiro atoms. The maximum atomic E-state index is 6.06. The Morgan fingerprint density at radius 2 is 1.94 bits per heavy atom. The molecular formula is C15H25NO. The molecule has 2 heteroatoms. The van der Waals surface area contributed by atoms with Gasteiger partial charge >= 0.3 is 0 Å². The zero-order valence-corrected chi connectivity index (χ0v) is 11.7. The van der Waals surface area contributed by atoms with Crippen LogP contribution in [0.2, 0.25) is 0 Å². The summed E-state index contributed by atoms with van der Waals surface area (Å²) in [5.41, 5.74) is 9.98. The van der Waals surface area contributed by atoms with Crippen molar-refractivity contribution in [2.45, 2.75) is 52.5 Å². The van der Waals surface area contributed by atoms with Crippen molar-refractivity contribution in [1.82, 2.24) is 0 Å². The largest absolute Gasteiger partial charge is 0.496 e. The van der Waals surface area contributed by atoms with Gasteiger partial charge in [0.25, 0.3) is 0 Å². The molecule has 0 fully saturated rings. The highest BCUT2D eigenvalue weighted by atomic mass is 16.5. The molecule has 1 rings (SSSR count). The fourth-order valence-corrected chi connectivity index (χ4v) is 2.12. The minimum absolute atomic E-state index is 0.250. The van der Waals surface area contributed by atoms with Gasteiger partial charge in [-0.1, -0.05) is 26.8 Å². The van der Waals surface area contributed by atoms with Crippen LogP contribution in [0.4, 0.5) is 0 Å². The van der Waals surface area contributed by atoms with E-state index in [0.29, 0.717) is 5.92 Å². The van der Waals surface area contributed by atoms with Crippen molar-refractivity contribution in [3.8, 4) is 5.75 Å². The highest BCUT2D eigenvalue weighted by molar-refractivity contribution is 5.43. The van der Waals surface area contributed by atoms with Gasteiger partial charge in [0, 0.05) is 6.04 Å². The summed E-state index contributed by atoms with van der Waals surface area (Å²) in [4.78, 5) is 0. The lowest BCUT2D eigenvalue weighted by atomic mass is 9.91. The lowest BCUT2D eigenvalue weighted by molar-refractivity contribution is 0.410. The van der Waals surface area contributed by atoms with Crippen LogP contribution in [0.1, 0.15) is 49.8 Å². The Morgan fingerprint density at radius 3 is 2.41 bits per heavy atom. The molecule has 1 unspecified atom stereocenters. The highest BCUT2D eigenvalue weighted by Crippen LogP contribution is 2.29. The smallest absolute Gasteiger partial charge is 0.122 e. The topological polar surface area (TPSA) is 35.2 Å². The van der Waals surface area contributed by atoms with Gasteiger partial charge in [-0.15, -0.1) is 0 Å². The lowest BCUT2D eigenvalue weighted by Crippen LogP contribution is -2.22. The standard InChI is InChI=1S/C15H25NO/c1-6-13(16)8-12-7-11(4)15(17-5)9-14(12)10(2)3/h7,9-10,13H,6,8,16H2,1-5H3. The molecule has 17 heavy (non-hydrogen) atoms. The van der Waals surface area contributed by atoms with E-state index in [1.165, 1.54) is 16.7 Å². The predicted octanol–water partition coefficient (Wildman–Crippen LogP) is 3.41. The summed E-state index contributed by atoms with van der Waals surface area (Å²) in [5.74, 6) is 1.48. The number of ether oxygens (including phenoxy) is 1. The molecule has 0 aliphatic heterocycles. The first-order valence-electron chi connectivity index (χ1n) is 6.42. The van der Waals surface area contributed by atoms with Gasteiger partial charge in [0.1, 0.15) is 5.75 Å². The number of hydrogen-bond acceptors (Lipinski definition) is 2. The van der Waals surface area contributed by atoms with E-state index in [9.17, 15) is 0 Å². The molecule has 0 heterocycles. The molecule has 0 saturated heterocycles. The number of rotatable bonds is 5. The first-order chi connectivity index (χ1) is 7.99. The second-order valence-corrected chi connectivity index (χ2v) is 5.05. The number of methoxy groups -OCH3 is 1. The van der Waals surface area contributed by atoms with Crippen molar-refractivity contribution in [3.05, 3.63) is 28.8 Å². The molecule has 0 bridgehead atoms. The fourth-order valence-electron chi connectivity index (χ4n) is 2.12. The van der Waals surface area contributed by atoms with Gasteiger partial charge in [-0.3, -0.25) is 0 Å². The van der Waals surface area contributed by atoms with Gasteiger partial charge < -0.3 is 10.5 Å². The molecule has 1 aromatic rings. The van der Waals surface area contributed by atoms with Crippen molar-refractivity contribution in [2.75, 3.05) is 7.11 Å². The zero-order valence-electron chi connectivity index (χ0n) is 11.7. The lowest BCUT2D eigenvalue weighted by Gasteiger charge is -2.18. The van der Waals surface area contributed by atoms with Crippen LogP contribution >= 0.6 is 0 Å². The van der Waals surface area contributed by atoms with E-state index < -0.39 is 0 Å². The summed E-state index contributed by atoms with van der Waals surface area (Å²) in [5, 5.41) is 0. The minimum atomic E-state index is 0.250. The number of nitrogens with two attached hydrogens (primary N) is 1. The van der Waals surface area contributed by atoms with Crippen molar-refractivity contribution >= 4 is 0 Å². The Labute approximate surface area is 105 Å². The van der Waals surface area contributed by atoms with Gasteiger partial charge in [-0.2, -0.15) is 0 Å². The van der Waals surface area contributed by atoms with E-state index in [1.54, 1.807) is 7.11 Å². The van der Waals surface area contributed by atoms with E-state index >= 15 is 0 Å². The summed E-state index contributed by atoms with van der Waals surface area (Å²) < 4.78 is 5.39. The maximum absolute atomic E-state index is 6.06. The van der Waals surface area contributed by atoms with Gasteiger partial charge in [0.05, 0.1) is 7.11 Å². The molecule has 0 aliphatic carbocycles. The van der Waals surface area contributed by atoms with E-state index in [-0.39, 0.29) is 6.04 Å². The Morgan fingerprint density at radius 1 is 1.29 bits per heavy atom.